The molecule has 1 fully saturated rings. The largest absolute Gasteiger partial charge is 0.444 e. The molecule has 0 saturated carbocycles. The number of halogens is 3. The van der Waals surface area contributed by atoms with E-state index < -0.39 is 17.3 Å². The molecule has 2 rings (SSSR count). The molecule has 1 aromatic carbocycles. The molecule has 24 heavy (non-hydrogen) atoms. The molecule has 0 bridgehead atoms. The second-order valence-electron chi connectivity index (χ2n) is 7.45. The number of carbonyl (C=O) groups is 1. The molecule has 1 aliphatic rings. The highest BCUT2D eigenvalue weighted by atomic mass is 19.4. The number of alkyl halides is 3. The van der Waals surface area contributed by atoms with Crippen molar-refractivity contribution in [2.24, 2.45) is 5.92 Å². The normalized spacial score (nSPS) is 16.0. The Labute approximate surface area is 140 Å². The van der Waals surface area contributed by atoms with Crippen LogP contribution in [-0.4, -0.2) is 29.7 Å². The Kier molecular flexibility index (Phi) is 5.16. The van der Waals surface area contributed by atoms with E-state index in [1.807, 2.05) is 0 Å². The van der Waals surface area contributed by atoms with Gasteiger partial charge in [-0.15, -0.1) is 0 Å². The zero-order chi connectivity index (χ0) is 18.1. The summed E-state index contributed by atoms with van der Waals surface area (Å²) in [6.45, 7) is 8.16. The van der Waals surface area contributed by atoms with Crippen LogP contribution in [0.15, 0.2) is 18.2 Å². The monoisotopic (exact) mass is 343 g/mol. The van der Waals surface area contributed by atoms with Crippen LogP contribution in [0.3, 0.4) is 0 Å². The number of carbonyl (C=O) groups excluding carboxylic acids is 1. The van der Waals surface area contributed by atoms with Crippen LogP contribution in [-0.2, 0) is 17.3 Å². The van der Waals surface area contributed by atoms with Crippen LogP contribution in [0.2, 0.25) is 0 Å². The lowest BCUT2D eigenvalue weighted by Gasteiger charge is -2.40. The first-order valence-electron chi connectivity index (χ1n) is 8.10. The minimum absolute atomic E-state index is 0.222. The zero-order valence-electron chi connectivity index (χ0n) is 14.5. The van der Waals surface area contributed by atoms with Gasteiger partial charge >= 0.3 is 12.3 Å². The predicted molar refractivity (Wildman–Crippen MR) is 85.8 cm³/mol. The average Bonchev–Trinajstić information content (AvgIpc) is 2.35. The second kappa shape index (κ2) is 6.65. The Morgan fingerprint density at radius 2 is 1.88 bits per heavy atom. The smallest absolute Gasteiger partial charge is 0.416 e. The lowest BCUT2D eigenvalue weighted by Crippen LogP contribution is -2.51. The number of ether oxygens (including phenoxy) is 1. The summed E-state index contributed by atoms with van der Waals surface area (Å²) in [7, 11) is 0. The fourth-order valence-corrected chi connectivity index (χ4v) is 2.76. The van der Waals surface area contributed by atoms with E-state index in [2.05, 4.69) is 0 Å². The molecule has 1 aromatic rings. The summed E-state index contributed by atoms with van der Waals surface area (Å²) in [6, 6.07) is 4.46. The fourth-order valence-electron chi connectivity index (χ4n) is 2.76. The van der Waals surface area contributed by atoms with Gasteiger partial charge in [0, 0.05) is 13.1 Å². The number of rotatable bonds is 3. The van der Waals surface area contributed by atoms with E-state index in [0.29, 0.717) is 37.1 Å². The quantitative estimate of drug-likeness (QED) is 0.788. The van der Waals surface area contributed by atoms with Crippen LogP contribution in [0.4, 0.5) is 18.0 Å². The lowest BCUT2D eigenvalue weighted by molar-refractivity contribution is -0.138. The van der Waals surface area contributed by atoms with E-state index >= 15 is 0 Å². The summed E-state index contributed by atoms with van der Waals surface area (Å²) in [6.07, 6.45) is -3.69. The van der Waals surface area contributed by atoms with Crippen molar-refractivity contribution in [2.75, 3.05) is 13.1 Å². The fraction of sp³-hybridized carbons (Fsp3) is 0.611. The summed E-state index contributed by atoms with van der Waals surface area (Å²) < 4.78 is 44.6. The highest BCUT2D eigenvalue weighted by Gasteiger charge is 2.35. The van der Waals surface area contributed by atoms with Gasteiger partial charge in [0.25, 0.3) is 0 Å². The zero-order valence-corrected chi connectivity index (χ0v) is 14.5. The number of hydrogen-bond acceptors (Lipinski definition) is 2. The Morgan fingerprint density at radius 3 is 2.42 bits per heavy atom. The Morgan fingerprint density at radius 1 is 1.25 bits per heavy atom. The summed E-state index contributed by atoms with van der Waals surface area (Å²) in [5.41, 5.74) is -0.161. The molecule has 0 aromatic heterocycles. The molecule has 1 aliphatic heterocycles. The van der Waals surface area contributed by atoms with Gasteiger partial charge in [0.2, 0.25) is 0 Å². The van der Waals surface area contributed by atoms with Crippen molar-refractivity contribution < 1.29 is 22.7 Å². The molecule has 1 heterocycles. The van der Waals surface area contributed by atoms with E-state index in [1.165, 1.54) is 6.07 Å². The number of benzene rings is 1. The Balaban J connectivity index is 1.88. The maximum Gasteiger partial charge on any atom is 0.416 e. The molecule has 0 N–H and O–H groups in total. The Bertz CT molecular complexity index is 599. The third-order valence-electron chi connectivity index (χ3n) is 4.00. The molecule has 0 spiro atoms. The van der Waals surface area contributed by atoms with Gasteiger partial charge in [-0.3, -0.25) is 0 Å². The van der Waals surface area contributed by atoms with Crippen LogP contribution in [0.25, 0.3) is 0 Å². The molecule has 0 aliphatic carbocycles. The number of amides is 1. The summed E-state index contributed by atoms with van der Waals surface area (Å²) in [4.78, 5) is 13.4. The van der Waals surface area contributed by atoms with Crippen molar-refractivity contribution in [3.05, 3.63) is 34.9 Å². The van der Waals surface area contributed by atoms with Crippen LogP contribution in [0.1, 0.15) is 43.9 Å². The van der Waals surface area contributed by atoms with Gasteiger partial charge < -0.3 is 9.64 Å². The summed E-state index contributed by atoms with van der Waals surface area (Å²) in [5, 5.41) is 0. The summed E-state index contributed by atoms with van der Waals surface area (Å²) >= 11 is 0. The summed E-state index contributed by atoms with van der Waals surface area (Å²) in [5.74, 6) is 0.222. The lowest BCUT2D eigenvalue weighted by atomic mass is 9.91. The number of likely N-dealkylation sites (tertiary alicyclic amines) is 1. The topological polar surface area (TPSA) is 29.5 Å². The third-order valence-corrected chi connectivity index (χ3v) is 4.00. The molecule has 1 amide bonds. The highest BCUT2D eigenvalue weighted by Crippen LogP contribution is 2.34. The minimum atomic E-state index is -4.33. The van der Waals surface area contributed by atoms with E-state index in [-0.39, 0.29) is 12.0 Å². The molecule has 0 radical (unpaired) electrons. The van der Waals surface area contributed by atoms with Gasteiger partial charge in [-0.05, 0) is 58.1 Å². The van der Waals surface area contributed by atoms with Crippen molar-refractivity contribution in [2.45, 2.75) is 52.3 Å². The average molecular weight is 343 g/mol. The van der Waals surface area contributed by atoms with Crippen LogP contribution >= 0.6 is 0 Å². The number of nitrogens with zero attached hydrogens (tertiary/aromatic N) is 1. The van der Waals surface area contributed by atoms with E-state index in [0.717, 1.165) is 0 Å². The SMILES string of the molecule is Cc1ccc(CCC2CN(C(=O)OC(C)(C)C)C2)c(C(F)(F)F)c1. The van der Waals surface area contributed by atoms with E-state index in [4.69, 9.17) is 4.74 Å². The van der Waals surface area contributed by atoms with Gasteiger partial charge in [0.1, 0.15) is 5.60 Å². The molecule has 0 atom stereocenters. The van der Waals surface area contributed by atoms with Gasteiger partial charge in [0.15, 0.2) is 0 Å². The predicted octanol–water partition coefficient (Wildman–Crippen LogP) is 4.81. The number of aryl methyl sites for hydroxylation is 2. The van der Waals surface area contributed by atoms with Gasteiger partial charge in [-0.2, -0.15) is 13.2 Å². The highest BCUT2D eigenvalue weighted by molar-refractivity contribution is 5.69. The van der Waals surface area contributed by atoms with Crippen molar-refractivity contribution >= 4 is 6.09 Å². The molecule has 6 heteroatoms. The van der Waals surface area contributed by atoms with Crippen LogP contribution in [0.5, 0.6) is 0 Å². The number of hydrogen-bond donors (Lipinski definition) is 0. The first-order valence-corrected chi connectivity index (χ1v) is 8.10. The van der Waals surface area contributed by atoms with E-state index in [1.54, 1.807) is 44.7 Å². The maximum atomic E-state index is 13.1. The maximum absolute atomic E-state index is 13.1. The van der Waals surface area contributed by atoms with Crippen molar-refractivity contribution in [3.8, 4) is 0 Å². The first-order chi connectivity index (χ1) is 11.0. The molecular formula is C18H24F3NO2. The molecule has 134 valence electrons. The van der Waals surface area contributed by atoms with Crippen molar-refractivity contribution in [1.29, 1.82) is 0 Å². The van der Waals surface area contributed by atoms with Crippen molar-refractivity contribution in [1.82, 2.24) is 4.90 Å². The van der Waals surface area contributed by atoms with Crippen LogP contribution < -0.4 is 0 Å². The third kappa shape index (κ3) is 4.89. The molecule has 3 nitrogen and oxygen atoms in total. The van der Waals surface area contributed by atoms with Crippen molar-refractivity contribution in [3.63, 3.8) is 0 Å². The van der Waals surface area contributed by atoms with E-state index in [9.17, 15) is 18.0 Å². The second-order valence-corrected chi connectivity index (χ2v) is 7.45. The first kappa shape index (κ1) is 18.6. The van der Waals surface area contributed by atoms with Crippen LogP contribution in [0, 0.1) is 12.8 Å². The molecular weight excluding hydrogens is 319 g/mol. The molecule has 1 saturated heterocycles. The Hall–Kier alpha value is -1.72. The standard InChI is InChI=1S/C18H24F3NO2/c1-12-5-7-14(15(9-12)18(19,20)21)8-6-13-10-22(11-13)16(23)24-17(2,3)4/h5,7,9,13H,6,8,10-11H2,1-4H3. The van der Waals surface area contributed by atoms with Gasteiger partial charge in [-0.25, -0.2) is 4.79 Å². The van der Waals surface area contributed by atoms with Gasteiger partial charge in [0.05, 0.1) is 5.56 Å². The van der Waals surface area contributed by atoms with Gasteiger partial charge in [-0.1, -0.05) is 17.7 Å². The minimum Gasteiger partial charge on any atom is -0.444 e. The molecule has 0 unspecified atom stereocenters.